The molecule has 1 aromatic carbocycles. The quantitative estimate of drug-likeness (QED) is 0.572. The van der Waals surface area contributed by atoms with Crippen LogP contribution in [0.1, 0.15) is 52.3 Å². The summed E-state index contributed by atoms with van der Waals surface area (Å²) in [5.74, 6) is -0.316. The second-order valence-electron chi connectivity index (χ2n) is 9.23. The Bertz CT molecular complexity index is 1260. The predicted octanol–water partition coefficient (Wildman–Crippen LogP) is 4.16. The molecule has 0 bridgehead atoms. The molecule has 0 N–H and O–H groups in total. The molecule has 174 valence electrons. The normalized spacial score (nSPS) is 20.2. The molecule has 0 radical (unpaired) electrons. The summed E-state index contributed by atoms with van der Waals surface area (Å²) in [5.41, 5.74) is 4.37. The molecule has 9 heteroatoms. The van der Waals surface area contributed by atoms with Crippen molar-refractivity contribution in [3.05, 3.63) is 57.2 Å². The number of hydrogen-bond acceptors (Lipinski definition) is 5. The zero-order valence-corrected chi connectivity index (χ0v) is 20.0. The molecule has 1 aliphatic carbocycles. The Kier molecular flexibility index (Phi) is 5.53. The minimum absolute atomic E-state index is 0.0364. The number of nitrogens with zero attached hydrogens (tertiary/aromatic N) is 5. The van der Waals surface area contributed by atoms with Gasteiger partial charge in [0, 0.05) is 17.7 Å². The molecule has 0 spiro atoms. The summed E-state index contributed by atoms with van der Waals surface area (Å²) in [6, 6.07) is 4.57. The maximum absolute atomic E-state index is 14.1. The van der Waals surface area contributed by atoms with Crippen LogP contribution in [0.4, 0.5) is 4.39 Å². The van der Waals surface area contributed by atoms with Crippen LogP contribution in [-0.2, 0) is 13.1 Å². The number of carbonyl (C=O) groups is 1. The first-order valence-electron chi connectivity index (χ1n) is 11.2. The highest BCUT2D eigenvalue weighted by Gasteiger charge is 2.33. The van der Waals surface area contributed by atoms with Crippen LogP contribution in [0.25, 0.3) is 5.65 Å². The molecular weight excluding hydrogens is 445 g/mol. The van der Waals surface area contributed by atoms with Gasteiger partial charge in [0.2, 0.25) is 0 Å². The smallest absolute Gasteiger partial charge is 0.258 e. The Hall–Kier alpha value is -2.71. The summed E-state index contributed by atoms with van der Waals surface area (Å²) in [6.07, 6.45) is 2.72. The minimum atomic E-state index is -0.418. The summed E-state index contributed by atoms with van der Waals surface area (Å²) in [7, 11) is 4.11. The van der Waals surface area contributed by atoms with Crippen LogP contribution in [0.2, 0.25) is 5.02 Å². The van der Waals surface area contributed by atoms with E-state index < -0.39 is 5.82 Å². The summed E-state index contributed by atoms with van der Waals surface area (Å²) in [5, 5.41) is 5.24. The van der Waals surface area contributed by atoms with Crippen LogP contribution >= 0.6 is 11.6 Å². The van der Waals surface area contributed by atoms with E-state index in [-0.39, 0.29) is 12.0 Å². The van der Waals surface area contributed by atoms with Crippen LogP contribution < -0.4 is 4.74 Å². The van der Waals surface area contributed by atoms with Gasteiger partial charge in [0.05, 0.1) is 40.8 Å². The van der Waals surface area contributed by atoms with Crippen molar-refractivity contribution in [1.29, 1.82) is 0 Å². The molecular formula is C24H27ClFN5O2. The van der Waals surface area contributed by atoms with Crippen molar-refractivity contribution in [1.82, 2.24) is 24.4 Å². The van der Waals surface area contributed by atoms with E-state index in [1.807, 2.05) is 13.8 Å². The van der Waals surface area contributed by atoms with Gasteiger partial charge in [-0.05, 0) is 59.3 Å². The monoisotopic (exact) mass is 471 g/mol. The van der Waals surface area contributed by atoms with Crippen LogP contribution in [0.5, 0.6) is 5.75 Å². The van der Waals surface area contributed by atoms with E-state index in [0.717, 1.165) is 47.6 Å². The predicted molar refractivity (Wildman–Crippen MR) is 123 cm³/mol. The van der Waals surface area contributed by atoms with Gasteiger partial charge in [-0.15, -0.1) is 0 Å². The third-order valence-electron chi connectivity index (χ3n) is 6.80. The molecule has 5 rings (SSSR count). The Morgan fingerprint density at radius 1 is 1.24 bits per heavy atom. The number of fused-ring (bicyclic) bond motifs is 3. The molecule has 1 saturated carbocycles. The second kappa shape index (κ2) is 8.25. The van der Waals surface area contributed by atoms with Crippen LogP contribution in [0.15, 0.2) is 18.2 Å². The molecule has 1 aliphatic heterocycles. The first kappa shape index (κ1) is 22.1. The van der Waals surface area contributed by atoms with Gasteiger partial charge < -0.3 is 14.5 Å². The SMILES string of the molecule is Cc1nc2c3c(nn2c(C)c1Cl)CN(C(=O)c1ccc(F)cc1OC1CCC(N(C)C)C1)C3. The number of hydrogen-bond donors (Lipinski definition) is 0. The van der Waals surface area contributed by atoms with Crippen LogP contribution in [0, 0.1) is 19.7 Å². The lowest BCUT2D eigenvalue weighted by molar-refractivity contribution is 0.0741. The molecule has 1 fully saturated rings. The lowest BCUT2D eigenvalue weighted by Crippen LogP contribution is -2.28. The Balaban J connectivity index is 1.39. The van der Waals surface area contributed by atoms with Gasteiger partial charge in [-0.3, -0.25) is 4.79 Å². The zero-order chi connectivity index (χ0) is 23.4. The lowest BCUT2D eigenvalue weighted by atomic mass is 10.1. The fraction of sp³-hybridized carbons (Fsp3) is 0.458. The standard InChI is InChI=1S/C24H27ClFN5O2/c1-13-22(25)14(2)31-23(27-13)19-11-30(12-20(19)28-31)24(32)18-8-5-15(26)9-21(18)33-17-7-6-16(10-17)29(3)4/h5,8-9,16-17H,6-7,10-12H2,1-4H3. The topological polar surface area (TPSA) is 63.0 Å². The van der Waals surface area contributed by atoms with Crippen molar-refractivity contribution >= 4 is 23.2 Å². The Morgan fingerprint density at radius 3 is 2.76 bits per heavy atom. The average molecular weight is 472 g/mol. The number of benzene rings is 1. The summed E-state index contributed by atoms with van der Waals surface area (Å²) in [6.45, 7) is 4.50. The van der Waals surface area contributed by atoms with Gasteiger partial charge in [-0.1, -0.05) is 11.6 Å². The van der Waals surface area contributed by atoms with E-state index in [2.05, 4.69) is 29.1 Å². The maximum atomic E-state index is 14.1. The summed E-state index contributed by atoms with van der Waals surface area (Å²) >= 11 is 6.33. The third kappa shape index (κ3) is 3.85. The van der Waals surface area contributed by atoms with E-state index >= 15 is 0 Å². The minimum Gasteiger partial charge on any atom is -0.489 e. The van der Waals surface area contributed by atoms with Crippen LogP contribution in [0.3, 0.4) is 0 Å². The van der Waals surface area contributed by atoms with Crippen molar-refractivity contribution in [2.24, 2.45) is 0 Å². The summed E-state index contributed by atoms with van der Waals surface area (Å²) in [4.78, 5) is 21.9. The largest absolute Gasteiger partial charge is 0.489 e. The first-order chi connectivity index (χ1) is 15.7. The maximum Gasteiger partial charge on any atom is 0.258 e. The molecule has 0 saturated heterocycles. The molecule has 2 aliphatic rings. The van der Waals surface area contributed by atoms with Crippen molar-refractivity contribution in [2.75, 3.05) is 14.1 Å². The fourth-order valence-corrected chi connectivity index (χ4v) is 4.99. The molecule has 3 aromatic rings. The van der Waals surface area contributed by atoms with Crippen molar-refractivity contribution < 1.29 is 13.9 Å². The van der Waals surface area contributed by atoms with Crippen LogP contribution in [-0.4, -0.2) is 56.5 Å². The highest BCUT2D eigenvalue weighted by Crippen LogP contribution is 2.33. The molecule has 3 heterocycles. The van der Waals surface area contributed by atoms with Gasteiger partial charge in [0.1, 0.15) is 17.7 Å². The number of aryl methyl sites for hydroxylation is 2. The van der Waals surface area contributed by atoms with Gasteiger partial charge >= 0.3 is 0 Å². The molecule has 2 unspecified atom stereocenters. The third-order valence-corrected chi connectivity index (χ3v) is 7.34. The number of ether oxygens (including phenoxy) is 1. The van der Waals surface area contributed by atoms with Gasteiger partial charge in [-0.25, -0.2) is 13.9 Å². The molecule has 7 nitrogen and oxygen atoms in total. The number of halogens is 2. The first-order valence-corrected chi connectivity index (χ1v) is 11.6. The average Bonchev–Trinajstić information content (AvgIpc) is 3.47. The van der Waals surface area contributed by atoms with E-state index in [4.69, 9.17) is 16.3 Å². The van der Waals surface area contributed by atoms with Gasteiger partial charge in [0.15, 0.2) is 5.65 Å². The van der Waals surface area contributed by atoms with E-state index in [1.54, 1.807) is 9.42 Å². The highest BCUT2D eigenvalue weighted by atomic mass is 35.5. The van der Waals surface area contributed by atoms with E-state index in [9.17, 15) is 9.18 Å². The summed E-state index contributed by atoms with van der Waals surface area (Å²) < 4.78 is 22.0. The Morgan fingerprint density at radius 2 is 2.03 bits per heavy atom. The lowest BCUT2D eigenvalue weighted by Gasteiger charge is -2.22. The van der Waals surface area contributed by atoms with Gasteiger partial charge in [-0.2, -0.15) is 5.10 Å². The number of rotatable bonds is 4. The number of aromatic nitrogens is 3. The number of carbonyl (C=O) groups excluding carboxylic acids is 1. The van der Waals surface area contributed by atoms with Crippen molar-refractivity contribution in [3.8, 4) is 5.75 Å². The van der Waals surface area contributed by atoms with Crippen molar-refractivity contribution in [2.45, 2.75) is 58.3 Å². The van der Waals surface area contributed by atoms with E-state index in [0.29, 0.717) is 35.5 Å². The molecule has 2 atom stereocenters. The highest BCUT2D eigenvalue weighted by molar-refractivity contribution is 6.31. The Labute approximate surface area is 197 Å². The van der Waals surface area contributed by atoms with Gasteiger partial charge in [0.25, 0.3) is 5.91 Å². The molecule has 2 aromatic heterocycles. The molecule has 33 heavy (non-hydrogen) atoms. The second-order valence-corrected chi connectivity index (χ2v) is 9.61. The van der Waals surface area contributed by atoms with Crippen molar-refractivity contribution in [3.63, 3.8) is 0 Å². The number of amides is 1. The fourth-order valence-electron chi connectivity index (χ4n) is 4.87. The zero-order valence-electron chi connectivity index (χ0n) is 19.2. The van der Waals surface area contributed by atoms with E-state index in [1.165, 1.54) is 18.2 Å². The molecule has 1 amide bonds.